The maximum absolute atomic E-state index is 13.0. The highest BCUT2D eigenvalue weighted by Crippen LogP contribution is 2.35. The Kier molecular flexibility index (Phi) is 8.15. The second kappa shape index (κ2) is 12.1. The summed E-state index contributed by atoms with van der Waals surface area (Å²) >= 11 is 1.18. The average Bonchev–Trinajstić information content (AvgIpc) is 3.61. The summed E-state index contributed by atoms with van der Waals surface area (Å²) in [6.07, 6.45) is 1.87. The van der Waals surface area contributed by atoms with E-state index in [1.165, 1.54) is 32.2 Å². The summed E-state index contributed by atoms with van der Waals surface area (Å²) < 4.78 is 15.8. The molecule has 2 N–H and O–H groups in total. The number of benzene rings is 2. The van der Waals surface area contributed by atoms with Crippen molar-refractivity contribution in [1.29, 1.82) is 0 Å². The zero-order valence-corrected chi connectivity index (χ0v) is 22.7. The van der Waals surface area contributed by atoms with E-state index < -0.39 is 6.04 Å². The van der Waals surface area contributed by atoms with Crippen LogP contribution in [0.2, 0.25) is 0 Å². The predicted octanol–water partition coefficient (Wildman–Crippen LogP) is 3.72. The molecule has 206 valence electrons. The molecule has 3 amide bonds. The molecule has 1 unspecified atom stereocenters. The summed E-state index contributed by atoms with van der Waals surface area (Å²) in [6.45, 7) is 0.263. The SMILES string of the molecule is COc1ccc(OC)c(NC(=O)CSC2=Nc3ccccc3C3=NC(=O)C(CCC(=O)NCc4ccco4)N23)c1. The first kappa shape index (κ1) is 27.0. The number of furan rings is 1. The molecule has 0 bridgehead atoms. The van der Waals surface area contributed by atoms with Gasteiger partial charge in [0.15, 0.2) is 5.17 Å². The zero-order valence-electron chi connectivity index (χ0n) is 21.9. The quantitative estimate of drug-likeness (QED) is 0.382. The number of anilines is 1. The van der Waals surface area contributed by atoms with E-state index in [4.69, 9.17) is 18.9 Å². The molecule has 40 heavy (non-hydrogen) atoms. The number of amidine groups is 2. The van der Waals surface area contributed by atoms with Gasteiger partial charge in [0, 0.05) is 18.1 Å². The molecular weight excluding hydrogens is 534 g/mol. The number of rotatable bonds is 10. The highest BCUT2D eigenvalue weighted by Gasteiger charge is 2.41. The minimum Gasteiger partial charge on any atom is -0.497 e. The number of hydrogen-bond donors (Lipinski definition) is 2. The van der Waals surface area contributed by atoms with E-state index in [0.717, 1.165) is 5.56 Å². The number of aliphatic imine (C=N–C) groups is 2. The maximum Gasteiger partial charge on any atom is 0.270 e. The molecular formula is C28H27N5O6S. The van der Waals surface area contributed by atoms with Crippen molar-refractivity contribution in [2.45, 2.75) is 25.4 Å². The van der Waals surface area contributed by atoms with Gasteiger partial charge in [0.25, 0.3) is 5.91 Å². The Morgan fingerprint density at radius 1 is 1.05 bits per heavy atom. The first-order valence-corrected chi connectivity index (χ1v) is 13.5. The van der Waals surface area contributed by atoms with E-state index in [-0.39, 0.29) is 42.9 Å². The lowest BCUT2D eigenvalue weighted by Crippen LogP contribution is -2.44. The molecule has 1 aromatic heterocycles. The van der Waals surface area contributed by atoms with Crippen LogP contribution in [-0.4, -0.2) is 59.6 Å². The van der Waals surface area contributed by atoms with Crippen molar-refractivity contribution in [2.75, 3.05) is 25.3 Å². The van der Waals surface area contributed by atoms with Gasteiger partial charge in [0.05, 0.1) is 44.2 Å². The van der Waals surface area contributed by atoms with Crippen molar-refractivity contribution in [2.24, 2.45) is 9.98 Å². The molecule has 12 heteroatoms. The second-order valence-corrected chi connectivity index (χ2v) is 9.81. The Balaban J connectivity index is 1.29. The smallest absolute Gasteiger partial charge is 0.270 e. The molecule has 3 heterocycles. The van der Waals surface area contributed by atoms with Gasteiger partial charge in [0.2, 0.25) is 11.8 Å². The lowest BCUT2D eigenvalue weighted by Gasteiger charge is -2.31. The molecule has 3 aromatic rings. The number of hydrogen-bond acceptors (Lipinski definition) is 9. The Morgan fingerprint density at radius 3 is 2.67 bits per heavy atom. The Morgan fingerprint density at radius 2 is 1.90 bits per heavy atom. The summed E-state index contributed by atoms with van der Waals surface area (Å²) in [5.41, 5.74) is 1.84. The third-order valence-electron chi connectivity index (χ3n) is 6.31. The van der Waals surface area contributed by atoms with E-state index in [9.17, 15) is 14.4 Å². The van der Waals surface area contributed by atoms with Crippen LogP contribution < -0.4 is 20.1 Å². The van der Waals surface area contributed by atoms with Crippen molar-refractivity contribution < 1.29 is 28.3 Å². The van der Waals surface area contributed by atoms with Gasteiger partial charge in [-0.25, -0.2) is 4.99 Å². The third kappa shape index (κ3) is 5.86. The van der Waals surface area contributed by atoms with Crippen molar-refractivity contribution >= 4 is 51.9 Å². The Bertz CT molecular complexity index is 1490. The molecule has 0 spiro atoms. The molecule has 1 atom stereocenters. The lowest BCUT2D eigenvalue weighted by atomic mass is 10.1. The first-order valence-electron chi connectivity index (χ1n) is 12.5. The highest BCUT2D eigenvalue weighted by molar-refractivity contribution is 8.14. The number of carbonyl (C=O) groups is 3. The normalized spacial score (nSPS) is 15.5. The fraction of sp³-hybridized carbons (Fsp3) is 0.250. The summed E-state index contributed by atoms with van der Waals surface area (Å²) in [5.74, 6) is 1.31. The van der Waals surface area contributed by atoms with E-state index in [1.807, 2.05) is 24.3 Å². The lowest BCUT2D eigenvalue weighted by molar-refractivity contribution is -0.122. The number of ether oxygens (including phenoxy) is 2. The van der Waals surface area contributed by atoms with Gasteiger partial charge in [0.1, 0.15) is 29.1 Å². The molecule has 0 fully saturated rings. The number of methoxy groups -OCH3 is 2. The number of thioether (sulfide) groups is 1. The van der Waals surface area contributed by atoms with Crippen LogP contribution in [0.4, 0.5) is 11.4 Å². The number of fused-ring (bicyclic) bond motifs is 3. The second-order valence-electron chi connectivity index (χ2n) is 8.87. The van der Waals surface area contributed by atoms with Gasteiger partial charge >= 0.3 is 0 Å². The van der Waals surface area contributed by atoms with E-state index >= 15 is 0 Å². The number of nitrogens with one attached hydrogen (secondary N) is 2. The van der Waals surface area contributed by atoms with Crippen LogP contribution in [0, 0.1) is 0 Å². The zero-order chi connectivity index (χ0) is 28.1. The minimum atomic E-state index is -0.717. The van der Waals surface area contributed by atoms with Crippen molar-refractivity contribution in [3.8, 4) is 11.5 Å². The van der Waals surface area contributed by atoms with Crippen LogP contribution in [0.5, 0.6) is 11.5 Å². The van der Waals surface area contributed by atoms with Crippen LogP contribution in [0.15, 0.2) is 75.3 Å². The van der Waals surface area contributed by atoms with Gasteiger partial charge in [-0.1, -0.05) is 23.9 Å². The predicted molar refractivity (Wildman–Crippen MR) is 151 cm³/mol. The van der Waals surface area contributed by atoms with Crippen LogP contribution in [0.1, 0.15) is 24.2 Å². The molecule has 11 nitrogen and oxygen atoms in total. The molecule has 0 radical (unpaired) electrons. The van der Waals surface area contributed by atoms with Crippen LogP contribution in [0.25, 0.3) is 0 Å². The fourth-order valence-corrected chi connectivity index (χ4v) is 5.21. The van der Waals surface area contributed by atoms with Crippen LogP contribution in [-0.2, 0) is 20.9 Å². The van der Waals surface area contributed by atoms with E-state index in [2.05, 4.69) is 15.6 Å². The monoisotopic (exact) mass is 561 g/mol. The average molecular weight is 562 g/mol. The molecule has 0 aliphatic carbocycles. The fourth-order valence-electron chi connectivity index (χ4n) is 4.36. The number of para-hydroxylation sites is 1. The maximum atomic E-state index is 13.0. The van der Waals surface area contributed by atoms with E-state index in [0.29, 0.717) is 39.6 Å². The van der Waals surface area contributed by atoms with Crippen molar-refractivity contribution in [1.82, 2.24) is 10.2 Å². The molecule has 5 rings (SSSR count). The van der Waals surface area contributed by atoms with Gasteiger partial charge in [-0.05, 0) is 42.8 Å². The van der Waals surface area contributed by atoms with Gasteiger partial charge in [-0.3, -0.25) is 19.3 Å². The largest absolute Gasteiger partial charge is 0.497 e. The number of nitrogens with zero attached hydrogens (tertiary/aromatic N) is 3. The molecule has 0 saturated heterocycles. The van der Waals surface area contributed by atoms with Crippen LogP contribution >= 0.6 is 11.8 Å². The third-order valence-corrected chi connectivity index (χ3v) is 7.26. The summed E-state index contributed by atoms with van der Waals surface area (Å²) in [4.78, 5) is 49.2. The summed E-state index contributed by atoms with van der Waals surface area (Å²) in [5, 5.41) is 6.10. The van der Waals surface area contributed by atoms with Gasteiger partial charge < -0.3 is 24.5 Å². The minimum absolute atomic E-state index is 0.00961. The topological polar surface area (TPSA) is 135 Å². The molecule has 0 saturated carbocycles. The standard InChI is InChI=1S/C28H27N5O6S/c1-37-17-9-11-23(38-2)21(14-17)30-25(35)16-40-28-31-20-8-4-3-7-19(20)26-32-27(36)22(33(26)28)10-12-24(34)29-15-18-6-5-13-39-18/h3-9,11,13-14,22H,10,12,15-16H2,1-2H3,(H,29,34)(H,30,35). The highest BCUT2D eigenvalue weighted by atomic mass is 32.2. The van der Waals surface area contributed by atoms with Crippen LogP contribution in [0.3, 0.4) is 0 Å². The van der Waals surface area contributed by atoms with Gasteiger partial charge in [-0.15, -0.1) is 0 Å². The summed E-state index contributed by atoms with van der Waals surface area (Å²) in [7, 11) is 3.06. The Labute approximate surface area is 234 Å². The molecule has 2 aliphatic rings. The first-order chi connectivity index (χ1) is 19.5. The van der Waals surface area contributed by atoms with Gasteiger partial charge in [-0.2, -0.15) is 4.99 Å². The van der Waals surface area contributed by atoms with Crippen molar-refractivity contribution in [3.05, 3.63) is 72.2 Å². The molecule has 2 aromatic carbocycles. The number of amides is 3. The number of carbonyl (C=O) groups excluding carboxylic acids is 3. The van der Waals surface area contributed by atoms with Crippen molar-refractivity contribution in [3.63, 3.8) is 0 Å². The Hall–Kier alpha value is -4.58. The van der Waals surface area contributed by atoms with E-state index in [1.54, 1.807) is 35.2 Å². The molecule has 2 aliphatic heterocycles. The summed E-state index contributed by atoms with van der Waals surface area (Å²) in [6, 6.07) is 15.3.